The van der Waals surface area contributed by atoms with E-state index < -0.39 is 0 Å². The first-order valence-electron chi connectivity index (χ1n) is 5.43. The van der Waals surface area contributed by atoms with Gasteiger partial charge in [-0.1, -0.05) is 0 Å². The van der Waals surface area contributed by atoms with Gasteiger partial charge in [-0.15, -0.1) is 0 Å². The number of benzene rings is 1. The second kappa shape index (κ2) is 4.78. The molecule has 2 aromatic rings. The summed E-state index contributed by atoms with van der Waals surface area (Å²) >= 11 is 0. The Balaban J connectivity index is 1.99. The summed E-state index contributed by atoms with van der Waals surface area (Å²) in [6.07, 6.45) is 0. The number of hydrogen-bond acceptors (Lipinski definition) is 4. The molecule has 0 saturated carbocycles. The quantitative estimate of drug-likeness (QED) is 0.844. The van der Waals surface area contributed by atoms with Gasteiger partial charge in [0, 0.05) is 12.6 Å². The lowest BCUT2D eigenvalue weighted by molar-refractivity contribution is 0.299. The van der Waals surface area contributed by atoms with E-state index in [1.54, 1.807) is 35.0 Å². The van der Waals surface area contributed by atoms with E-state index in [2.05, 4.69) is 5.10 Å². The van der Waals surface area contributed by atoms with Gasteiger partial charge >= 0.3 is 0 Å². The molecule has 0 unspecified atom stereocenters. The van der Waals surface area contributed by atoms with Crippen LogP contribution in [-0.4, -0.2) is 14.9 Å². The van der Waals surface area contributed by atoms with Crippen LogP contribution in [0.3, 0.4) is 0 Å². The van der Waals surface area contributed by atoms with Crippen molar-refractivity contribution in [2.45, 2.75) is 20.1 Å². The molecule has 0 amide bonds. The minimum absolute atomic E-state index is 0.219. The van der Waals surface area contributed by atoms with Gasteiger partial charge in [0.15, 0.2) is 0 Å². The van der Waals surface area contributed by atoms with Crippen LogP contribution in [0.2, 0.25) is 0 Å². The molecule has 1 heterocycles. The van der Waals surface area contributed by atoms with Crippen LogP contribution in [0.25, 0.3) is 0 Å². The Hall–Kier alpha value is -2.17. The Labute approximate surface area is 99.4 Å². The van der Waals surface area contributed by atoms with Crippen LogP contribution in [0.5, 0.6) is 11.5 Å². The Morgan fingerprint density at radius 2 is 2.06 bits per heavy atom. The molecular weight excluding hydrogens is 218 g/mol. The molecule has 0 radical (unpaired) electrons. The van der Waals surface area contributed by atoms with Gasteiger partial charge in [0.25, 0.3) is 0 Å². The fraction of sp³-hybridized carbons (Fsp3) is 0.250. The maximum Gasteiger partial charge on any atom is 0.132 e. The van der Waals surface area contributed by atoms with Crippen molar-refractivity contribution >= 4 is 5.82 Å². The highest BCUT2D eigenvalue weighted by Gasteiger charge is 2.04. The number of nitrogen functional groups attached to an aromatic ring is 1. The summed E-state index contributed by atoms with van der Waals surface area (Å²) in [6, 6.07) is 8.36. The van der Waals surface area contributed by atoms with Gasteiger partial charge < -0.3 is 15.6 Å². The molecule has 0 aliphatic rings. The van der Waals surface area contributed by atoms with Gasteiger partial charge in [0.1, 0.15) is 29.6 Å². The largest absolute Gasteiger partial charge is 0.508 e. The number of nitrogens with zero attached hydrogens (tertiary/aromatic N) is 2. The first kappa shape index (κ1) is 11.3. The van der Waals surface area contributed by atoms with E-state index in [0.29, 0.717) is 18.2 Å². The first-order valence-corrected chi connectivity index (χ1v) is 5.43. The number of nitrogens with two attached hydrogens (primary N) is 1. The Morgan fingerprint density at radius 3 is 2.65 bits per heavy atom. The standard InChI is InChI=1S/C12H15N3O2/c1-2-15-12(13)7-9(14-15)8-17-11-5-3-10(16)4-6-11/h3-7,16H,2,8,13H2,1H3. The van der Waals surface area contributed by atoms with E-state index in [1.807, 2.05) is 6.92 Å². The molecule has 90 valence electrons. The number of phenolic OH excluding ortho intramolecular Hbond substituents is 1. The second-order valence-electron chi connectivity index (χ2n) is 3.66. The van der Waals surface area contributed by atoms with Crippen molar-refractivity contribution in [2.75, 3.05) is 5.73 Å². The monoisotopic (exact) mass is 233 g/mol. The van der Waals surface area contributed by atoms with E-state index >= 15 is 0 Å². The van der Waals surface area contributed by atoms with Crippen molar-refractivity contribution in [1.82, 2.24) is 9.78 Å². The average Bonchev–Trinajstić information content (AvgIpc) is 2.69. The summed E-state index contributed by atoms with van der Waals surface area (Å²) in [5.74, 6) is 1.54. The predicted molar refractivity (Wildman–Crippen MR) is 64.8 cm³/mol. The number of rotatable bonds is 4. The predicted octanol–water partition coefficient (Wildman–Crippen LogP) is 1.77. The number of phenols is 1. The highest BCUT2D eigenvalue weighted by Crippen LogP contribution is 2.17. The Bertz CT molecular complexity index is 491. The van der Waals surface area contributed by atoms with Crippen LogP contribution in [-0.2, 0) is 13.2 Å². The first-order chi connectivity index (χ1) is 8.19. The van der Waals surface area contributed by atoms with Gasteiger partial charge in [-0.05, 0) is 31.2 Å². The minimum atomic E-state index is 0.219. The molecule has 5 nitrogen and oxygen atoms in total. The van der Waals surface area contributed by atoms with E-state index in [9.17, 15) is 0 Å². The molecule has 1 aromatic carbocycles. The molecule has 0 fully saturated rings. The lowest BCUT2D eigenvalue weighted by atomic mass is 10.3. The fourth-order valence-corrected chi connectivity index (χ4v) is 1.51. The van der Waals surface area contributed by atoms with E-state index in [1.165, 1.54) is 0 Å². The summed E-state index contributed by atoms with van der Waals surface area (Å²) in [7, 11) is 0. The van der Waals surface area contributed by atoms with Gasteiger partial charge in [0.2, 0.25) is 0 Å². The third-order valence-electron chi connectivity index (χ3n) is 2.38. The van der Waals surface area contributed by atoms with Crippen molar-refractivity contribution < 1.29 is 9.84 Å². The van der Waals surface area contributed by atoms with Crippen LogP contribution in [0, 0.1) is 0 Å². The number of aromatic nitrogens is 2. The smallest absolute Gasteiger partial charge is 0.132 e. The molecule has 0 spiro atoms. The number of hydrogen-bond donors (Lipinski definition) is 2. The minimum Gasteiger partial charge on any atom is -0.508 e. The highest BCUT2D eigenvalue weighted by atomic mass is 16.5. The second-order valence-corrected chi connectivity index (χ2v) is 3.66. The maximum atomic E-state index is 9.13. The van der Waals surface area contributed by atoms with E-state index in [-0.39, 0.29) is 5.75 Å². The molecule has 0 aliphatic heterocycles. The average molecular weight is 233 g/mol. The molecule has 5 heteroatoms. The number of ether oxygens (including phenoxy) is 1. The van der Waals surface area contributed by atoms with Crippen LogP contribution >= 0.6 is 0 Å². The van der Waals surface area contributed by atoms with Crippen molar-refractivity contribution in [3.8, 4) is 11.5 Å². The van der Waals surface area contributed by atoms with E-state index in [0.717, 1.165) is 12.2 Å². The highest BCUT2D eigenvalue weighted by molar-refractivity contribution is 5.32. The van der Waals surface area contributed by atoms with Crippen molar-refractivity contribution in [2.24, 2.45) is 0 Å². The molecule has 0 saturated heterocycles. The van der Waals surface area contributed by atoms with Gasteiger partial charge in [-0.3, -0.25) is 4.68 Å². The van der Waals surface area contributed by atoms with Crippen molar-refractivity contribution in [1.29, 1.82) is 0 Å². The summed E-state index contributed by atoms with van der Waals surface area (Å²) in [4.78, 5) is 0. The lowest BCUT2D eigenvalue weighted by Crippen LogP contribution is -2.02. The lowest BCUT2D eigenvalue weighted by Gasteiger charge is -2.03. The van der Waals surface area contributed by atoms with Crippen LogP contribution in [0.1, 0.15) is 12.6 Å². The molecule has 0 atom stereocenters. The van der Waals surface area contributed by atoms with Crippen LogP contribution in [0.4, 0.5) is 5.82 Å². The Morgan fingerprint density at radius 1 is 1.35 bits per heavy atom. The number of aryl methyl sites for hydroxylation is 1. The molecule has 0 bridgehead atoms. The molecule has 3 N–H and O–H groups in total. The maximum absolute atomic E-state index is 9.13. The van der Waals surface area contributed by atoms with Crippen LogP contribution < -0.4 is 10.5 Å². The van der Waals surface area contributed by atoms with Gasteiger partial charge in [0.05, 0.1) is 0 Å². The third-order valence-corrected chi connectivity index (χ3v) is 2.38. The fourth-order valence-electron chi connectivity index (χ4n) is 1.51. The Kier molecular flexibility index (Phi) is 3.18. The molecule has 0 aliphatic carbocycles. The summed E-state index contributed by atoms with van der Waals surface area (Å²) in [5.41, 5.74) is 6.54. The van der Waals surface area contributed by atoms with Crippen LogP contribution in [0.15, 0.2) is 30.3 Å². The number of anilines is 1. The molecule has 2 rings (SSSR count). The molecule has 17 heavy (non-hydrogen) atoms. The topological polar surface area (TPSA) is 73.3 Å². The summed E-state index contributed by atoms with van der Waals surface area (Å²) in [5, 5.41) is 13.4. The summed E-state index contributed by atoms with van der Waals surface area (Å²) in [6.45, 7) is 3.08. The normalized spacial score (nSPS) is 10.4. The summed E-state index contributed by atoms with van der Waals surface area (Å²) < 4.78 is 7.24. The van der Waals surface area contributed by atoms with E-state index in [4.69, 9.17) is 15.6 Å². The zero-order valence-electron chi connectivity index (χ0n) is 9.63. The zero-order valence-corrected chi connectivity index (χ0v) is 9.63. The zero-order chi connectivity index (χ0) is 12.3. The third kappa shape index (κ3) is 2.69. The molecule has 1 aromatic heterocycles. The number of aromatic hydroxyl groups is 1. The van der Waals surface area contributed by atoms with Crippen molar-refractivity contribution in [3.05, 3.63) is 36.0 Å². The van der Waals surface area contributed by atoms with Crippen molar-refractivity contribution in [3.63, 3.8) is 0 Å². The SMILES string of the molecule is CCn1nc(COc2ccc(O)cc2)cc1N. The van der Waals surface area contributed by atoms with Gasteiger partial charge in [-0.2, -0.15) is 5.10 Å². The molecular formula is C12H15N3O2. The van der Waals surface area contributed by atoms with Gasteiger partial charge in [-0.25, -0.2) is 0 Å².